The predicted molar refractivity (Wildman–Crippen MR) is 81.1 cm³/mol. The summed E-state index contributed by atoms with van der Waals surface area (Å²) in [5.41, 5.74) is 1.56. The molecule has 2 heteroatoms. The van der Waals surface area contributed by atoms with E-state index < -0.39 is 0 Å². The molecule has 1 rings (SSSR count). The molecule has 2 nitrogen and oxygen atoms in total. The third-order valence-electron chi connectivity index (χ3n) is 3.70. The van der Waals surface area contributed by atoms with Gasteiger partial charge < -0.3 is 10.2 Å². The van der Waals surface area contributed by atoms with E-state index in [0.717, 1.165) is 13.1 Å². The highest BCUT2D eigenvalue weighted by molar-refractivity contribution is 5.42. The van der Waals surface area contributed by atoms with E-state index >= 15 is 0 Å². The highest BCUT2D eigenvalue weighted by Gasteiger charge is 2.23. The standard InChI is InChI=1S/C16H28N2/c1-14(16(2,3)4)18(5)13-9-12-17-15-10-7-6-8-11-15/h6-8,10-11,14,17H,9,12-13H2,1-5H3. The summed E-state index contributed by atoms with van der Waals surface area (Å²) in [4.78, 5) is 2.45. The smallest absolute Gasteiger partial charge is 0.0340 e. The molecular formula is C16H28N2. The Labute approximate surface area is 112 Å². The van der Waals surface area contributed by atoms with Crippen LogP contribution in [0.15, 0.2) is 30.3 Å². The van der Waals surface area contributed by atoms with Gasteiger partial charge in [-0.25, -0.2) is 0 Å². The molecule has 0 bridgehead atoms. The molecule has 0 aliphatic rings. The first-order valence-electron chi connectivity index (χ1n) is 6.90. The zero-order valence-electron chi connectivity index (χ0n) is 12.5. The first-order chi connectivity index (χ1) is 8.41. The molecule has 1 N–H and O–H groups in total. The van der Waals surface area contributed by atoms with Crippen molar-refractivity contribution in [1.29, 1.82) is 0 Å². The number of nitrogens with one attached hydrogen (secondary N) is 1. The third kappa shape index (κ3) is 5.09. The summed E-state index contributed by atoms with van der Waals surface area (Å²) in [5, 5.41) is 3.45. The van der Waals surface area contributed by atoms with Crippen molar-refractivity contribution in [3.05, 3.63) is 30.3 Å². The lowest BCUT2D eigenvalue weighted by Gasteiger charge is -2.35. The molecule has 0 radical (unpaired) electrons. The second-order valence-electron chi connectivity index (χ2n) is 6.17. The van der Waals surface area contributed by atoms with Gasteiger partial charge in [0.2, 0.25) is 0 Å². The average Bonchev–Trinajstić information content (AvgIpc) is 2.33. The van der Waals surface area contributed by atoms with Crippen molar-refractivity contribution in [2.75, 3.05) is 25.5 Å². The summed E-state index contributed by atoms with van der Waals surface area (Å²) in [6.07, 6.45) is 1.17. The minimum atomic E-state index is 0.349. The maximum absolute atomic E-state index is 3.45. The lowest BCUT2D eigenvalue weighted by atomic mass is 9.87. The van der Waals surface area contributed by atoms with E-state index in [9.17, 15) is 0 Å². The number of hydrogen-bond acceptors (Lipinski definition) is 2. The van der Waals surface area contributed by atoms with E-state index in [1.54, 1.807) is 0 Å². The van der Waals surface area contributed by atoms with Crippen LogP contribution in [0.3, 0.4) is 0 Å². The first-order valence-corrected chi connectivity index (χ1v) is 6.90. The summed E-state index contributed by atoms with van der Waals surface area (Å²) in [6.45, 7) is 11.4. The number of nitrogens with zero attached hydrogens (tertiary/aromatic N) is 1. The molecule has 0 heterocycles. The Bertz CT molecular complexity index is 327. The Kier molecular flexibility index (Phi) is 5.67. The fraction of sp³-hybridized carbons (Fsp3) is 0.625. The van der Waals surface area contributed by atoms with Crippen LogP contribution in [-0.2, 0) is 0 Å². The van der Waals surface area contributed by atoms with Crippen LogP contribution >= 0.6 is 0 Å². The van der Waals surface area contributed by atoms with Crippen molar-refractivity contribution in [1.82, 2.24) is 4.90 Å². The monoisotopic (exact) mass is 248 g/mol. The van der Waals surface area contributed by atoms with Crippen LogP contribution in [0.4, 0.5) is 5.69 Å². The van der Waals surface area contributed by atoms with E-state index in [1.165, 1.54) is 12.1 Å². The lowest BCUT2D eigenvalue weighted by Crippen LogP contribution is -2.40. The van der Waals surface area contributed by atoms with Crippen LogP contribution < -0.4 is 5.32 Å². The topological polar surface area (TPSA) is 15.3 Å². The van der Waals surface area contributed by atoms with Crippen molar-refractivity contribution in [3.8, 4) is 0 Å². The van der Waals surface area contributed by atoms with E-state index in [-0.39, 0.29) is 0 Å². The molecule has 0 spiro atoms. The van der Waals surface area contributed by atoms with E-state index in [1.807, 2.05) is 6.07 Å². The second kappa shape index (κ2) is 6.79. The highest BCUT2D eigenvalue weighted by atomic mass is 15.1. The van der Waals surface area contributed by atoms with Gasteiger partial charge in [-0.1, -0.05) is 39.0 Å². The van der Waals surface area contributed by atoms with Crippen LogP contribution in [0, 0.1) is 5.41 Å². The molecule has 0 aliphatic carbocycles. The van der Waals surface area contributed by atoms with Gasteiger partial charge >= 0.3 is 0 Å². The number of hydrogen-bond donors (Lipinski definition) is 1. The summed E-state index contributed by atoms with van der Waals surface area (Å²) in [7, 11) is 2.22. The first kappa shape index (κ1) is 15.0. The van der Waals surface area contributed by atoms with Gasteiger partial charge in [0.15, 0.2) is 0 Å². The molecule has 18 heavy (non-hydrogen) atoms. The van der Waals surface area contributed by atoms with Crippen LogP contribution in [0.1, 0.15) is 34.1 Å². The second-order valence-corrected chi connectivity index (χ2v) is 6.17. The summed E-state index contributed by atoms with van der Waals surface area (Å²) < 4.78 is 0. The number of anilines is 1. The molecule has 1 atom stereocenters. The van der Waals surface area contributed by atoms with Gasteiger partial charge in [0.1, 0.15) is 0 Å². The predicted octanol–water partition coefficient (Wildman–Crippen LogP) is 3.86. The minimum Gasteiger partial charge on any atom is -0.385 e. The number of benzene rings is 1. The van der Waals surface area contributed by atoms with Crippen LogP contribution in [0.5, 0.6) is 0 Å². The van der Waals surface area contributed by atoms with Gasteiger partial charge in [-0.3, -0.25) is 0 Å². The largest absolute Gasteiger partial charge is 0.385 e. The molecule has 1 unspecified atom stereocenters. The van der Waals surface area contributed by atoms with Crippen LogP contribution in [-0.4, -0.2) is 31.1 Å². The van der Waals surface area contributed by atoms with E-state index in [0.29, 0.717) is 11.5 Å². The fourth-order valence-corrected chi connectivity index (χ4v) is 1.97. The lowest BCUT2D eigenvalue weighted by molar-refractivity contribution is 0.141. The van der Waals surface area contributed by atoms with Crippen molar-refractivity contribution < 1.29 is 0 Å². The average molecular weight is 248 g/mol. The molecule has 0 saturated carbocycles. The summed E-state index contributed by atoms with van der Waals surface area (Å²) in [5.74, 6) is 0. The molecule has 0 fully saturated rings. The van der Waals surface area contributed by atoms with Crippen LogP contribution in [0.25, 0.3) is 0 Å². The molecule has 102 valence electrons. The molecule has 0 aliphatic heterocycles. The third-order valence-corrected chi connectivity index (χ3v) is 3.70. The molecular weight excluding hydrogens is 220 g/mol. The molecule has 1 aromatic rings. The zero-order valence-corrected chi connectivity index (χ0v) is 12.5. The Morgan fingerprint density at radius 2 is 1.78 bits per heavy atom. The fourth-order valence-electron chi connectivity index (χ4n) is 1.97. The number of para-hydroxylation sites is 1. The minimum absolute atomic E-state index is 0.349. The van der Waals surface area contributed by atoms with Gasteiger partial charge in [0.25, 0.3) is 0 Å². The maximum Gasteiger partial charge on any atom is 0.0340 e. The quantitative estimate of drug-likeness (QED) is 0.769. The van der Waals surface area contributed by atoms with Gasteiger partial charge in [0, 0.05) is 18.3 Å². The van der Waals surface area contributed by atoms with Gasteiger partial charge in [-0.2, -0.15) is 0 Å². The molecule has 0 saturated heterocycles. The molecule has 1 aromatic carbocycles. The van der Waals surface area contributed by atoms with Gasteiger partial charge in [0.05, 0.1) is 0 Å². The van der Waals surface area contributed by atoms with Gasteiger partial charge in [-0.15, -0.1) is 0 Å². The van der Waals surface area contributed by atoms with Crippen molar-refractivity contribution in [2.45, 2.75) is 40.2 Å². The molecule has 0 amide bonds. The summed E-state index contributed by atoms with van der Waals surface area (Å²) >= 11 is 0. The SMILES string of the molecule is CC(N(C)CCCNc1ccccc1)C(C)(C)C. The Balaban J connectivity index is 2.22. The number of rotatable bonds is 6. The maximum atomic E-state index is 3.45. The van der Waals surface area contributed by atoms with E-state index in [4.69, 9.17) is 0 Å². The normalized spacial score (nSPS) is 13.7. The Morgan fingerprint density at radius 3 is 2.33 bits per heavy atom. The van der Waals surface area contributed by atoms with Crippen LogP contribution in [0.2, 0.25) is 0 Å². The Hall–Kier alpha value is -1.02. The van der Waals surface area contributed by atoms with E-state index in [2.05, 4.69) is 69.2 Å². The zero-order chi connectivity index (χ0) is 13.6. The van der Waals surface area contributed by atoms with Crippen molar-refractivity contribution >= 4 is 5.69 Å². The Morgan fingerprint density at radius 1 is 1.17 bits per heavy atom. The van der Waals surface area contributed by atoms with Crippen molar-refractivity contribution in [3.63, 3.8) is 0 Å². The highest BCUT2D eigenvalue weighted by Crippen LogP contribution is 2.22. The molecule has 0 aromatic heterocycles. The van der Waals surface area contributed by atoms with Crippen molar-refractivity contribution in [2.24, 2.45) is 5.41 Å². The summed E-state index contributed by atoms with van der Waals surface area (Å²) in [6, 6.07) is 11.0. The van der Waals surface area contributed by atoms with Gasteiger partial charge in [-0.05, 0) is 44.5 Å².